The van der Waals surface area contributed by atoms with E-state index in [9.17, 15) is 30.0 Å². The van der Waals surface area contributed by atoms with Crippen LogP contribution in [-0.4, -0.2) is 43.1 Å². The predicted molar refractivity (Wildman–Crippen MR) is 177 cm³/mol. The molecule has 46 heavy (non-hydrogen) atoms. The molecule has 0 spiro atoms. The van der Waals surface area contributed by atoms with Crippen LogP contribution in [0.1, 0.15) is 82.6 Å². The van der Waals surface area contributed by atoms with Crippen LogP contribution in [0, 0.1) is 0 Å². The molecule has 244 valence electrons. The molecule has 0 atom stereocenters. The number of carboxylic acids is 1. The van der Waals surface area contributed by atoms with Gasteiger partial charge in [0, 0.05) is 23.7 Å². The predicted octanol–water partition coefficient (Wildman–Crippen LogP) is 7.79. The van der Waals surface area contributed by atoms with E-state index in [1.807, 2.05) is 52.0 Å². The standard InChI is InChI=1S/C21H26O4.C17H18O4/c1-20(2,3)25-19(24)13-14-21(4,15-5-9-17(22)10-6-15)16-7-11-18(23)12-8-16;1-17(11-10-16(20)21,12-2-6-14(18)7-3-12)13-4-8-15(19)9-5-13/h5-12,22-23H,13-14H2,1-4H3;2-9,18-19H,10-11H2,1H3,(H,20,21). The molecule has 0 aliphatic rings. The highest BCUT2D eigenvalue weighted by molar-refractivity contribution is 5.70. The number of rotatable bonds is 10. The van der Waals surface area contributed by atoms with Gasteiger partial charge in [-0.05, 0) is 104 Å². The van der Waals surface area contributed by atoms with Crippen molar-refractivity contribution in [3.8, 4) is 23.0 Å². The van der Waals surface area contributed by atoms with E-state index in [-0.39, 0.29) is 41.8 Å². The van der Waals surface area contributed by atoms with Crippen LogP contribution >= 0.6 is 0 Å². The van der Waals surface area contributed by atoms with Crippen LogP contribution in [0.2, 0.25) is 0 Å². The van der Waals surface area contributed by atoms with Gasteiger partial charge in [-0.15, -0.1) is 0 Å². The van der Waals surface area contributed by atoms with Crippen molar-refractivity contribution < 1.29 is 39.9 Å². The Morgan fingerprint density at radius 2 is 0.761 bits per heavy atom. The summed E-state index contributed by atoms with van der Waals surface area (Å²) >= 11 is 0. The van der Waals surface area contributed by atoms with Crippen LogP contribution < -0.4 is 0 Å². The summed E-state index contributed by atoms with van der Waals surface area (Å²) in [5.41, 5.74) is 2.36. The number of carboxylic acid groups (broad SMARTS) is 1. The minimum Gasteiger partial charge on any atom is -0.508 e. The molecule has 0 fully saturated rings. The monoisotopic (exact) mass is 628 g/mol. The first-order valence-corrected chi connectivity index (χ1v) is 15.1. The Balaban J connectivity index is 0.000000254. The molecule has 4 rings (SSSR count). The van der Waals surface area contributed by atoms with Gasteiger partial charge in [-0.3, -0.25) is 9.59 Å². The Kier molecular flexibility index (Phi) is 11.5. The van der Waals surface area contributed by atoms with Crippen LogP contribution in [-0.2, 0) is 25.2 Å². The number of aliphatic carboxylic acids is 1. The number of ether oxygens (including phenoxy) is 1. The van der Waals surface area contributed by atoms with Crippen LogP contribution in [0.3, 0.4) is 0 Å². The molecule has 8 nitrogen and oxygen atoms in total. The Morgan fingerprint density at radius 1 is 0.500 bits per heavy atom. The normalized spacial score (nSPS) is 11.7. The summed E-state index contributed by atoms with van der Waals surface area (Å²) in [6, 6.07) is 27.5. The molecule has 0 unspecified atom stereocenters. The van der Waals surface area contributed by atoms with Gasteiger partial charge in [0.1, 0.15) is 28.6 Å². The highest BCUT2D eigenvalue weighted by Gasteiger charge is 2.31. The van der Waals surface area contributed by atoms with Crippen molar-refractivity contribution in [2.24, 2.45) is 0 Å². The highest BCUT2D eigenvalue weighted by Crippen LogP contribution is 2.39. The molecule has 4 aromatic carbocycles. The average molecular weight is 629 g/mol. The molecule has 0 heterocycles. The van der Waals surface area contributed by atoms with Gasteiger partial charge in [-0.1, -0.05) is 62.4 Å². The maximum atomic E-state index is 12.2. The van der Waals surface area contributed by atoms with Gasteiger partial charge in [0.25, 0.3) is 0 Å². The first kappa shape index (κ1) is 35.5. The topological polar surface area (TPSA) is 145 Å². The van der Waals surface area contributed by atoms with Gasteiger partial charge in [-0.2, -0.15) is 0 Å². The molecular formula is C38H44O8. The lowest BCUT2D eigenvalue weighted by Gasteiger charge is -2.31. The van der Waals surface area contributed by atoms with E-state index >= 15 is 0 Å². The fourth-order valence-corrected chi connectivity index (χ4v) is 5.33. The molecule has 0 saturated heterocycles. The SMILES string of the molecule is CC(C)(C)OC(=O)CCC(C)(c1ccc(O)cc1)c1ccc(O)cc1.CC(CCC(=O)O)(c1ccc(O)cc1)c1ccc(O)cc1. The zero-order valence-electron chi connectivity index (χ0n) is 27.0. The van der Waals surface area contributed by atoms with Gasteiger partial charge in [0.2, 0.25) is 0 Å². The van der Waals surface area contributed by atoms with Gasteiger partial charge < -0.3 is 30.3 Å². The van der Waals surface area contributed by atoms with E-state index in [1.165, 1.54) is 0 Å². The minimum absolute atomic E-state index is 0.0399. The number of hydrogen-bond acceptors (Lipinski definition) is 7. The zero-order valence-corrected chi connectivity index (χ0v) is 27.0. The summed E-state index contributed by atoms with van der Waals surface area (Å²) in [7, 11) is 0. The number of hydrogen-bond donors (Lipinski definition) is 5. The molecule has 0 radical (unpaired) electrons. The van der Waals surface area contributed by atoms with Crippen molar-refractivity contribution in [3.63, 3.8) is 0 Å². The van der Waals surface area contributed by atoms with E-state index in [2.05, 4.69) is 6.92 Å². The van der Waals surface area contributed by atoms with Crippen LogP contribution in [0.25, 0.3) is 0 Å². The maximum absolute atomic E-state index is 12.2. The second kappa shape index (κ2) is 14.9. The lowest BCUT2D eigenvalue weighted by molar-refractivity contribution is -0.155. The third kappa shape index (κ3) is 9.76. The summed E-state index contributed by atoms with van der Waals surface area (Å²) in [5.74, 6) is -0.349. The fraction of sp³-hybridized carbons (Fsp3) is 0.316. The summed E-state index contributed by atoms with van der Waals surface area (Å²) < 4.78 is 5.42. The molecule has 0 bridgehead atoms. The Bertz CT molecular complexity index is 1480. The van der Waals surface area contributed by atoms with E-state index in [0.717, 1.165) is 22.3 Å². The van der Waals surface area contributed by atoms with Crippen LogP contribution in [0.5, 0.6) is 23.0 Å². The van der Waals surface area contributed by atoms with E-state index in [4.69, 9.17) is 9.84 Å². The van der Waals surface area contributed by atoms with Crippen LogP contribution in [0.4, 0.5) is 0 Å². The van der Waals surface area contributed by atoms with Crippen molar-refractivity contribution in [1.29, 1.82) is 0 Å². The molecule has 0 amide bonds. The second-order valence-electron chi connectivity index (χ2n) is 12.8. The smallest absolute Gasteiger partial charge is 0.306 e. The van der Waals surface area contributed by atoms with Crippen molar-refractivity contribution in [3.05, 3.63) is 119 Å². The lowest BCUT2D eigenvalue weighted by Crippen LogP contribution is -2.28. The van der Waals surface area contributed by atoms with Crippen molar-refractivity contribution in [1.82, 2.24) is 0 Å². The first-order valence-electron chi connectivity index (χ1n) is 15.1. The number of benzene rings is 4. The molecule has 0 aliphatic heterocycles. The third-order valence-electron chi connectivity index (χ3n) is 8.11. The number of carbonyl (C=O) groups is 2. The minimum atomic E-state index is -0.848. The largest absolute Gasteiger partial charge is 0.508 e. The number of carbonyl (C=O) groups excluding carboxylic acids is 1. The summed E-state index contributed by atoms with van der Waals surface area (Å²) in [4.78, 5) is 23.1. The first-order chi connectivity index (χ1) is 21.5. The highest BCUT2D eigenvalue weighted by atomic mass is 16.6. The van der Waals surface area contributed by atoms with Gasteiger partial charge >= 0.3 is 11.9 Å². The fourth-order valence-electron chi connectivity index (χ4n) is 5.33. The number of esters is 1. The molecule has 0 aliphatic carbocycles. The lowest BCUT2D eigenvalue weighted by atomic mass is 9.73. The van der Waals surface area contributed by atoms with Crippen LogP contribution in [0.15, 0.2) is 97.1 Å². The molecule has 4 aromatic rings. The molecule has 0 saturated carbocycles. The Hall–Kier alpha value is -4.98. The average Bonchev–Trinajstić information content (AvgIpc) is 2.99. The molecular weight excluding hydrogens is 584 g/mol. The van der Waals surface area contributed by atoms with E-state index in [1.54, 1.807) is 72.8 Å². The molecule has 5 N–H and O–H groups in total. The second-order valence-corrected chi connectivity index (χ2v) is 12.8. The van der Waals surface area contributed by atoms with Gasteiger partial charge in [0.15, 0.2) is 0 Å². The molecule has 8 heteroatoms. The van der Waals surface area contributed by atoms with E-state index < -0.39 is 22.4 Å². The summed E-state index contributed by atoms with van der Waals surface area (Å²) in [6.07, 6.45) is 1.29. The maximum Gasteiger partial charge on any atom is 0.306 e. The van der Waals surface area contributed by atoms with Crippen molar-refractivity contribution in [2.75, 3.05) is 0 Å². The number of phenolic OH excluding ortho intramolecular Hbond substituents is 4. The zero-order chi connectivity index (χ0) is 34.1. The Morgan fingerprint density at radius 3 is 1.00 bits per heavy atom. The summed E-state index contributed by atoms with van der Waals surface area (Å²) in [6.45, 7) is 9.57. The van der Waals surface area contributed by atoms with Gasteiger partial charge in [0.05, 0.1) is 0 Å². The van der Waals surface area contributed by atoms with Crippen molar-refractivity contribution >= 4 is 11.9 Å². The molecule has 0 aromatic heterocycles. The van der Waals surface area contributed by atoms with E-state index in [0.29, 0.717) is 12.8 Å². The quantitative estimate of drug-likeness (QED) is 0.112. The number of aromatic hydroxyl groups is 4. The van der Waals surface area contributed by atoms with Gasteiger partial charge in [-0.25, -0.2) is 0 Å². The number of phenols is 4. The summed E-state index contributed by atoms with van der Waals surface area (Å²) in [5, 5.41) is 47.0. The van der Waals surface area contributed by atoms with Crippen molar-refractivity contribution in [2.45, 2.75) is 76.7 Å². The third-order valence-corrected chi connectivity index (χ3v) is 8.11. The Labute approximate surface area is 270 Å².